The smallest absolute Gasteiger partial charge is 0.312 e. The molecule has 0 unspecified atom stereocenters. The van der Waals surface area contributed by atoms with Gasteiger partial charge in [0.25, 0.3) is 0 Å². The van der Waals surface area contributed by atoms with Gasteiger partial charge < -0.3 is 4.74 Å². The van der Waals surface area contributed by atoms with Crippen molar-refractivity contribution in [3.63, 3.8) is 0 Å². The summed E-state index contributed by atoms with van der Waals surface area (Å²) >= 11 is 0. The zero-order valence-corrected chi connectivity index (χ0v) is 8.97. The zero-order chi connectivity index (χ0) is 8.91. The van der Waals surface area contributed by atoms with Gasteiger partial charge in [-0.25, -0.2) is 0 Å². The van der Waals surface area contributed by atoms with Crippen molar-refractivity contribution in [2.45, 2.75) is 20.8 Å². The Morgan fingerprint density at radius 2 is 2.00 bits per heavy atom. The number of esters is 1. The summed E-state index contributed by atoms with van der Waals surface area (Å²) in [5.41, 5.74) is -0.376. The van der Waals surface area contributed by atoms with Gasteiger partial charge in [0.1, 0.15) is 5.94 Å². The molecule has 0 heterocycles. The van der Waals surface area contributed by atoms with Crippen LogP contribution in [0.15, 0.2) is 0 Å². The van der Waals surface area contributed by atoms with Crippen LogP contribution in [-0.2, 0) is 9.53 Å². The molecule has 0 aliphatic rings. The molecule has 0 aromatic carbocycles. The van der Waals surface area contributed by atoms with Crippen LogP contribution in [0.1, 0.15) is 20.8 Å². The van der Waals surface area contributed by atoms with Crippen molar-refractivity contribution in [2.75, 3.05) is 12.2 Å². The van der Waals surface area contributed by atoms with Gasteiger partial charge in [0, 0.05) is 0 Å². The Balaban J connectivity index is 3.54. The van der Waals surface area contributed by atoms with Crippen molar-refractivity contribution in [1.82, 2.24) is 0 Å². The Morgan fingerprint density at radius 1 is 1.45 bits per heavy atom. The largest absolute Gasteiger partial charge is 0.453 e. The van der Waals surface area contributed by atoms with Crippen LogP contribution in [0.3, 0.4) is 0 Å². The minimum absolute atomic E-state index is 0.140. The highest BCUT2D eigenvalue weighted by Crippen LogP contribution is 2.20. The third-order valence-corrected chi connectivity index (χ3v) is 2.41. The maximum atomic E-state index is 11.1. The second kappa shape index (κ2) is 4.93. The molecule has 0 saturated carbocycles. The van der Waals surface area contributed by atoms with Gasteiger partial charge in [-0.15, -0.1) is 0 Å². The number of ether oxygens (including phenoxy) is 1. The lowest BCUT2D eigenvalue weighted by Crippen LogP contribution is -2.22. The van der Waals surface area contributed by atoms with Crippen molar-refractivity contribution >= 4 is 27.6 Å². The molecule has 0 aromatic rings. The van der Waals surface area contributed by atoms with E-state index in [-0.39, 0.29) is 11.4 Å². The maximum Gasteiger partial charge on any atom is 0.312 e. The van der Waals surface area contributed by atoms with Crippen molar-refractivity contribution in [3.8, 4) is 0 Å². The fourth-order valence-corrected chi connectivity index (χ4v) is 1.03. The van der Waals surface area contributed by atoms with Crippen LogP contribution in [-0.4, -0.2) is 18.2 Å². The van der Waals surface area contributed by atoms with Gasteiger partial charge in [-0.3, -0.25) is 4.79 Å². The van der Waals surface area contributed by atoms with Crippen LogP contribution < -0.4 is 0 Å². The van der Waals surface area contributed by atoms with E-state index >= 15 is 0 Å². The van der Waals surface area contributed by atoms with E-state index in [1.807, 2.05) is 27.0 Å². The van der Waals surface area contributed by atoms with E-state index in [4.69, 9.17) is 4.74 Å². The fraction of sp³-hybridized carbons (Fsp3) is 0.857. The minimum atomic E-state index is -0.376. The highest BCUT2D eigenvalue weighted by molar-refractivity contribution is 8.76. The van der Waals surface area contributed by atoms with Gasteiger partial charge in [0.05, 0.1) is 5.41 Å². The Hall–Kier alpha value is 0.170. The Kier molecular flexibility index (Phi) is 5.01. The summed E-state index contributed by atoms with van der Waals surface area (Å²) < 4.78 is 4.95. The maximum absolute atomic E-state index is 11.1. The first-order valence-corrected chi connectivity index (χ1v) is 6.04. The third kappa shape index (κ3) is 5.44. The van der Waals surface area contributed by atoms with E-state index in [0.29, 0.717) is 5.94 Å². The molecule has 11 heavy (non-hydrogen) atoms. The molecule has 0 spiro atoms. The van der Waals surface area contributed by atoms with Crippen LogP contribution in [0.5, 0.6) is 0 Å². The first-order chi connectivity index (χ1) is 4.98. The van der Waals surface area contributed by atoms with Crippen molar-refractivity contribution in [1.29, 1.82) is 0 Å². The first-order valence-electron chi connectivity index (χ1n) is 3.31. The summed E-state index contributed by atoms with van der Waals surface area (Å²) in [6.07, 6.45) is 1.95. The summed E-state index contributed by atoms with van der Waals surface area (Å²) in [5.74, 6) is 0.302. The molecule has 0 N–H and O–H groups in total. The third-order valence-electron chi connectivity index (χ3n) is 0.968. The van der Waals surface area contributed by atoms with Crippen molar-refractivity contribution < 1.29 is 9.53 Å². The van der Waals surface area contributed by atoms with Crippen LogP contribution in [0, 0.1) is 5.41 Å². The van der Waals surface area contributed by atoms with Gasteiger partial charge in [0.15, 0.2) is 0 Å². The molecular formula is C7H14O2S2. The Labute approximate surface area is 75.9 Å². The fourth-order valence-electron chi connectivity index (χ4n) is 0.342. The SMILES string of the molecule is CSSCOC(=O)C(C)(C)C. The Morgan fingerprint density at radius 3 is 2.36 bits per heavy atom. The molecule has 66 valence electrons. The standard InChI is InChI=1S/C7H14O2S2/c1-7(2,3)6(8)9-5-11-10-4/h5H2,1-4H3. The molecule has 0 aromatic heterocycles. The summed E-state index contributed by atoms with van der Waals surface area (Å²) in [7, 11) is 3.12. The predicted octanol–water partition coefficient (Wildman–Crippen LogP) is 2.54. The molecule has 0 amide bonds. The van der Waals surface area contributed by atoms with E-state index in [1.165, 1.54) is 10.8 Å². The topological polar surface area (TPSA) is 26.3 Å². The van der Waals surface area contributed by atoms with E-state index in [2.05, 4.69) is 0 Å². The molecule has 0 fully saturated rings. The van der Waals surface area contributed by atoms with Gasteiger partial charge in [0.2, 0.25) is 0 Å². The molecule has 4 heteroatoms. The predicted molar refractivity (Wildman–Crippen MR) is 51.5 cm³/mol. The van der Waals surface area contributed by atoms with E-state index < -0.39 is 0 Å². The zero-order valence-electron chi connectivity index (χ0n) is 7.34. The number of carbonyl (C=O) groups excluding carboxylic acids is 1. The number of hydrogen-bond acceptors (Lipinski definition) is 4. The molecule has 0 radical (unpaired) electrons. The molecular weight excluding hydrogens is 180 g/mol. The molecule has 0 saturated heterocycles. The quantitative estimate of drug-likeness (QED) is 0.298. The average Bonchev–Trinajstić information content (AvgIpc) is 1.86. The van der Waals surface area contributed by atoms with E-state index in [1.54, 1.807) is 10.8 Å². The van der Waals surface area contributed by atoms with Crippen LogP contribution >= 0.6 is 21.6 Å². The molecule has 0 atom stereocenters. The van der Waals surface area contributed by atoms with Gasteiger partial charge in [-0.05, 0) is 27.0 Å². The minimum Gasteiger partial charge on any atom is -0.453 e. The van der Waals surface area contributed by atoms with Crippen LogP contribution in [0.2, 0.25) is 0 Å². The highest BCUT2D eigenvalue weighted by Gasteiger charge is 2.22. The number of hydrogen-bond donors (Lipinski definition) is 0. The lowest BCUT2D eigenvalue weighted by atomic mass is 9.98. The molecule has 0 rings (SSSR count). The second-order valence-corrected chi connectivity index (χ2v) is 5.60. The molecule has 2 nitrogen and oxygen atoms in total. The molecule has 0 bridgehead atoms. The summed E-state index contributed by atoms with van der Waals surface area (Å²) in [6, 6.07) is 0. The van der Waals surface area contributed by atoms with E-state index in [9.17, 15) is 4.79 Å². The van der Waals surface area contributed by atoms with Crippen LogP contribution in [0.25, 0.3) is 0 Å². The Bertz CT molecular complexity index is 129. The number of rotatable bonds is 3. The highest BCUT2D eigenvalue weighted by atomic mass is 33.1. The summed E-state index contributed by atoms with van der Waals surface area (Å²) in [5, 5.41) is 0. The number of carbonyl (C=O) groups is 1. The van der Waals surface area contributed by atoms with Gasteiger partial charge >= 0.3 is 5.97 Å². The van der Waals surface area contributed by atoms with Crippen molar-refractivity contribution in [3.05, 3.63) is 0 Å². The lowest BCUT2D eigenvalue weighted by Gasteiger charge is -2.15. The normalized spacial score (nSPS) is 11.3. The van der Waals surface area contributed by atoms with Gasteiger partial charge in [-0.2, -0.15) is 0 Å². The first kappa shape index (κ1) is 11.2. The van der Waals surface area contributed by atoms with Gasteiger partial charge in [-0.1, -0.05) is 21.6 Å². The molecule has 0 aliphatic carbocycles. The van der Waals surface area contributed by atoms with E-state index in [0.717, 1.165) is 0 Å². The van der Waals surface area contributed by atoms with Crippen LogP contribution in [0.4, 0.5) is 0 Å². The average molecular weight is 194 g/mol. The molecule has 0 aliphatic heterocycles. The monoisotopic (exact) mass is 194 g/mol. The van der Waals surface area contributed by atoms with Crippen molar-refractivity contribution in [2.24, 2.45) is 5.41 Å². The lowest BCUT2D eigenvalue weighted by molar-refractivity contribution is -0.150. The second-order valence-electron chi connectivity index (χ2n) is 3.08. The summed E-state index contributed by atoms with van der Waals surface area (Å²) in [6.45, 7) is 5.54. The summed E-state index contributed by atoms with van der Waals surface area (Å²) in [4.78, 5) is 11.1.